The van der Waals surface area contributed by atoms with Crippen molar-refractivity contribution in [1.82, 2.24) is 4.90 Å². The number of anilines is 1. The number of likely N-dealkylation sites (N-methyl/N-ethyl adjacent to an activating group) is 1. The molecular formula is C19H25FN4. The minimum Gasteiger partial charge on any atom is -0.370 e. The standard InChI is InChI=1S/C19H25FN4/c1-13-8-9-17(10-14(13)2)23-19(21)22-12-18(24(3)4)15-6-5-7-16(20)11-15/h5-11,18H,12H2,1-4H3,(H3,21,22,23). The molecule has 1 atom stereocenters. The zero-order valence-corrected chi connectivity index (χ0v) is 14.7. The predicted molar refractivity (Wildman–Crippen MR) is 98.9 cm³/mol. The van der Waals surface area contributed by atoms with Crippen LogP contribution in [0.4, 0.5) is 10.1 Å². The number of aryl methyl sites for hydroxylation is 2. The number of hydrogen-bond donors (Lipinski definition) is 2. The molecule has 0 aliphatic rings. The summed E-state index contributed by atoms with van der Waals surface area (Å²) < 4.78 is 13.5. The maximum atomic E-state index is 13.5. The number of nitrogens with two attached hydrogens (primary N) is 1. The highest BCUT2D eigenvalue weighted by molar-refractivity contribution is 5.92. The molecule has 3 N–H and O–H groups in total. The first-order chi connectivity index (χ1) is 11.4. The van der Waals surface area contributed by atoms with E-state index in [0.717, 1.165) is 11.3 Å². The molecule has 0 spiro atoms. The van der Waals surface area contributed by atoms with Crippen LogP contribution in [-0.2, 0) is 0 Å². The first kappa shape index (κ1) is 17.9. The van der Waals surface area contributed by atoms with Crippen LogP contribution in [-0.4, -0.2) is 31.5 Å². The predicted octanol–water partition coefficient (Wildman–Crippen LogP) is 3.47. The van der Waals surface area contributed by atoms with Gasteiger partial charge in [0.15, 0.2) is 5.96 Å². The van der Waals surface area contributed by atoms with Gasteiger partial charge in [-0.3, -0.25) is 4.99 Å². The van der Waals surface area contributed by atoms with Crippen molar-refractivity contribution in [2.24, 2.45) is 10.7 Å². The molecule has 4 nitrogen and oxygen atoms in total. The van der Waals surface area contributed by atoms with E-state index in [4.69, 9.17) is 5.73 Å². The molecule has 0 aliphatic heterocycles. The van der Waals surface area contributed by atoms with Crippen LogP contribution in [0.1, 0.15) is 22.7 Å². The van der Waals surface area contributed by atoms with E-state index in [0.29, 0.717) is 12.5 Å². The molecule has 128 valence electrons. The fourth-order valence-corrected chi connectivity index (χ4v) is 2.47. The molecule has 0 heterocycles. The summed E-state index contributed by atoms with van der Waals surface area (Å²) in [5.41, 5.74) is 10.2. The van der Waals surface area contributed by atoms with Crippen LogP contribution in [0.15, 0.2) is 47.5 Å². The second kappa shape index (κ2) is 7.93. The Balaban J connectivity index is 2.09. The zero-order valence-electron chi connectivity index (χ0n) is 14.7. The molecule has 0 aromatic heterocycles. The van der Waals surface area contributed by atoms with Gasteiger partial charge in [0.2, 0.25) is 0 Å². The Kier molecular flexibility index (Phi) is 5.93. The van der Waals surface area contributed by atoms with Crippen molar-refractivity contribution in [2.45, 2.75) is 19.9 Å². The number of guanidine groups is 1. The van der Waals surface area contributed by atoms with E-state index in [1.807, 2.05) is 43.3 Å². The Morgan fingerprint density at radius 1 is 1.17 bits per heavy atom. The largest absolute Gasteiger partial charge is 0.370 e. The lowest BCUT2D eigenvalue weighted by Gasteiger charge is -2.23. The Bertz CT molecular complexity index is 725. The lowest BCUT2D eigenvalue weighted by atomic mass is 10.1. The average Bonchev–Trinajstić information content (AvgIpc) is 2.51. The second-order valence-corrected chi connectivity index (χ2v) is 6.18. The van der Waals surface area contributed by atoms with Crippen LogP contribution < -0.4 is 11.1 Å². The van der Waals surface area contributed by atoms with Gasteiger partial charge in [0.1, 0.15) is 5.82 Å². The smallest absolute Gasteiger partial charge is 0.193 e. The molecule has 0 saturated carbocycles. The van der Waals surface area contributed by atoms with Crippen LogP contribution in [0.3, 0.4) is 0 Å². The third-order valence-electron chi connectivity index (χ3n) is 4.07. The number of nitrogens with one attached hydrogen (secondary N) is 1. The van der Waals surface area contributed by atoms with Gasteiger partial charge >= 0.3 is 0 Å². The summed E-state index contributed by atoms with van der Waals surface area (Å²) in [7, 11) is 3.89. The minimum absolute atomic E-state index is 0.0409. The van der Waals surface area contributed by atoms with E-state index in [-0.39, 0.29) is 11.9 Å². The fourth-order valence-electron chi connectivity index (χ4n) is 2.47. The third kappa shape index (κ3) is 4.80. The van der Waals surface area contributed by atoms with Gasteiger partial charge in [-0.25, -0.2) is 4.39 Å². The molecule has 0 radical (unpaired) electrons. The molecule has 0 fully saturated rings. The van der Waals surface area contributed by atoms with Gasteiger partial charge in [-0.2, -0.15) is 0 Å². The topological polar surface area (TPSA) is 53.6 Å². The van der Waals surface area contributed by atoms with Crippen LogP contribution in [0, 0.1) is 19.7 Å². The summed E-state index contributed by atoms with van der Waals surface area (Å²) in [6, 6.07) is 12.6. The normalized spacial score (nSPS) is 13.2. The maximum absolute atomic E-state index is 13.5. The highest BCUT2D eigenvalue weighted by Crippen LogP contribution is 2.19. The summed E-state index contributed by atoms with van der Waals surface area (Å²) in [4.78, 5) is 6.42. The summed E-state index contributed by atoms with van der Waals surface area (Å²) in [6.45, 7) is 4.57. The molecule has 2 aromatic rings. The van der Waals surface area contributed by atoms with Crippen LogP contribution >= 0.6 is 0 Å². The number of nitrogens with zero attached hydrogens (tertiary/aromatic N) is 2. The van der Waals surface area contributed by atoms with Crippen molar-refractivity contribution < 1.29 is 4.39 Å². The Morgan fingerprint density at radius 3 is 2.54 bits per heavy atom. The van der Waals surface area contributed by atoms with E-state index < -0.39 is 0 Å². The van der Waals surface area contributed by atoms with Crippen molar-refractivity contribution >= 4 is 11.6 Å². The van der Waals surface area contributed by atoms with Gasteiger partial charge in [0.05, 0.1) is 12.6 Å². The number of aliphatic imine (C=N–C) groups is 1. The molecule has 2 aromatic carbocycles. The molecule has 0 bridgehead atoms. The van der Waals surface area contributed by atoms with Crippen molar-refractivity contribution in [2.75, 3.05) is 26.0 Å². The molecule has 0 saturated heterocycles. The van der Waals surface area contributed by atoms with Crippen molar-refractivity contribution in [3.8, 4) is 0 Å². The molecule has 2 rings (SSSR count). The number of benzene rings is 2. The van der Waals surface area contributed by atoms with Gasteiger partial charge in [-0.05, 0) is 68.9 Å². The monoisotopic (exact) mass is 328 g/mol. The highest BCUT2D eigenvalue weighted by Gasteiger charge is 2.14. The third-order valence-corrected chi connectivity index (χ3v) is 4.07. The molecule has 1 unspecified atom stereocenters. The Hall–Kier alpha value is -2.40. The minimum atomic E-state index is -0.246. The summed E-state index contributed by atoms with van der Waals surface area (Å²) in [5, 5.41) is 3.10. The van der Waals surface area contributed by atoms with Crippen LogP contribution in [0.25, 0.3) is 0 Å². The Labute approximate surface area is 143 Å². The average molecular weight is 328 g/mol. The zero-order chi connectivity index (χ0) is 17.7. The first-order valence-corrected chi connectivity index (χ1v) is 7.93. The molecule has 5 heteroatoms. The lowest BCUT2D eigenvalue weighted by molar-refractivity contribution is 0.306. The van der Waals surface area contributed by atoms with E-state index in [9.17, 15) is 4.39 Å². The van der Waals surface area contributed by atoms with Crippen LogP contribution in [0.5, 0.6) is 0 Å². The van der Waals surface area contributed by atoms with Crippen molar-refractivity contribution in [3.63, 3.8) is 0 Å². The van der Waals surface area contributed by atoms with E-state index >= 15 is 0 Å². The molecular weight excluding hydrogens is 303 g/mol. The fraction of sp³-hybridized carbons (Fsp3) is 0.316. The quantitative estimate of drug-likeness (QED) is 0.653. The number of halogens is 1. The van der Waals surface area contributed by atoms with Crippen LogP contribution in [0.2, 0.25) is 0 Å². The maximum Gasteiger partial charge on any atom is 0.193 e. The lowest BCUT2D eigenvalue weighted by Crippen LogP contribution is -2.27. The highest BCUT2D eigenvalue weighted by atomic mass is 19.1. The van der Waals surface area contributed by atoms with Gasteiger partial charge in [0.25, 0.3) is 0 Å². The van der Waals surface area contributed by atoms with E-state index in [1.165, 1.54) is 23.3 Å². The number of hydrogen-bond acceptors (Lipinski definition) is 2. The van der Waals surface area contributed by atoms with E-state index in [1.54, 1.807) is 6.07 Å². The Morgan fingerprint density at radius 2 is 1.92 bits per heavy atom. The van der Waals surface area contributed by atoms with Crippen molar-refractivity contribution in [3.05, 3.63) is 65.0 Å². The molecule has 24 heavy (non-hydrogen) atoms. The summed E-state index contributed by atoms with van der Waals surface area (Å²) >= 11 is 0. The number of rotatable bonds is 5. The molecule has 0 amide bonds. The van der Waals surface area contributed by atoms with E-state index in [2.05, 4.69) is 24.2 Å². The second-order valence-electron chi connectivity index (χ2n) is 6.18. The summed E-state index contributed by atoms with van der Waals surface area (Å²) in [5.74, 6) is 0.103. The van der Waals surface area contributed by atoms with Gasteiger partial charge in [-0.15, -0.1) is 0 Å². The SMILES string of the molecule is Cc1ccc(NC(N)=NCC(c2cccc(F)c2)N(C)C)cc1C. The van der Waals surface area contributed by atoms with Gasteiger partial charge < -0.3 is 16.0 Å². The van der Waals surface area contributed by atoms with Gasteiger partial charge in [-0.1, -0.05) is 18.2 Å². The molecule has 0 aliphatic carbocycles. The van der Waals surface area contributed by atoms with Gasteiger partial charge in [0, 0.05) is 5.69 Å². The first-order valence-electron chi connectivity index (χ1n) is 7.93. The summed E-state index contributed by atoms with van der Waals surface area (Å²) in [6.07, 6.45) is 0. The van der Waals surface area contributed by atoms with Crippen molar-refractivity contribution in [1.29, 1.82) is 0 Å².